The number of amides is 1. The maximum atomic E-state index is 12.2. The van der Waals surface area contributed by atoms with Crippen molar-refractivity contribution in [3.05, 3.63) is 61.5 Å². The van der Waals surface area contributed by atoms with E-state index in [-0.39, 0.29) is 10.9 Å². The summed E-state index contributed by atoms with van der Waals surface area (Å²) in [6.45, 7) is 0. The van der Waals surface area contributed by atoms with E-state index in [9.17, 15) is 4.79 Å². The van der Waals surface area contributed by atoms with E-state index < -0.39 is 0 Å². The van der Waals surface area contributed by atoms with E-state index in [0.29, 0.717) is 21.8 Å². The Kier molecular flexibility index (Phi) is 5.37. The van der Waals surface area contributed by atoms with Crippen molar-refractivity contribution in [1.82, 2.24) is 0 Å². The van der Waals surface area contributed by atoms with E-state index in [1.807, 2.05) is 6.07 Å². The number of anilines is 1. The van der Waals surface area contributed by atoms with Gasteiger partial charge in [-0.05, 0) is 36.4 Å². The van der Waals surface area contributed by atoms with Crippen LogP contribution in [0.1, 0.15) is 15.9 Å². The second-order valence-corrected chi connectivity index (χ2v) is 6.85. The lowest BCUT2D eigenvalue weighted by Gasteiger charge is -2.09. The van der Waals surface area contributed by atoms with Crippen LogP contribution in [0.25, 0.3) is 0 Å². The fourth-order valence-corrected chi connectivity index (χ4v) is 3.30. The van der Waals surface area contributed by atoms with Crippen LogP contribution >= 0.6 is 55.7 Å². The second-order valence-electron chi connectivity index (χ2n) is 4.17. The molecule has 0 aliphatic heterocycles. The van der Waals surface area contributed by atoms with Crippen LogP contribution in [0, 0.1) is 0 Å². The molecule has 0 radical (unpaired) electrons. The minimum absolute atomic E-state index is 0.255. The summed E-state index contributed by atoms with van der Waals surface area (Å²) in [5, 5.41) is 3.13. The average molecular weight is 449 g/mol. The van der Waals surface area contributed by atoms with Crippen LogP contribution < -0.4 is 11.1 Å². The Hall–Kier alpha value is -0.950. The average Bonchev–Trinajstić information content (AvgIpc) is 2.39. The summed E-state index contributed by atoms with van der Waals surface area (Å²) in [7, 11) is 0. The lowest BCUT2D eigenvalue weighted by Crippen LogP contribution is -2.13. The van der Waals surface area contributed by atoms with E-state index in [4.69, 9.17) is 29.6 Å². The first kappa shape index (κ1) is 16.4. The van der Waals surface area contributed by atoms with Crippen molar-refractivity contribution < 1.29 is 4.79 Å². The van der Waals surface area contributed by atoms with Crippen LogP contribution in [0.15, 0.2) is 45.3 Å². The molecule has 3 nitrogen and oxygen atoms in total. The summed E-state index contributed by atoms with van der Waals surface area (Å²) in [4.78, 5) is 12.5. The van der Waals surface area contributed by atoms with Crippen LogP contribution in [0.5, 0.6) is 0 Å². The molecule has 0 bridgehead atoms. The van der Waals surface area contributed by atoms with Gasteiger partial charge in [-0.15, -0.1) is 0 Å². The number of hydrogen-bond acceptors (Lipinski definition) is 2. The first-order valence-corrected chi connectivity index (χ1v) is 8.11. The highest BCUT2D eigenvalue weighted by Crippen LogP contribution is 2.25. The first-order chi connectivity index (χ1) is 9.86. The van der Waals surface area contributed by atoms with Gasteiger partial charge in [0.1, 0.15) is 4.99 Å². The highest BCUT2D eigenvalue weighted by Gasteiger charge is 2.11. The van der Waals surface area contributed by atoms with Gasteiger partial charge in [0.05, 0.1) is 10.7 Å². The van der Waals surface area contributed by atoms with Gasteiger partial charge in [-0.1, -0.05) is 55.7 Å². The second kappa shape index (κ2) is 6.87. The third-order valence-electron chi connectivity index (χ3n) is 2.63. The van der Waals surface area contributed by atoms with Crippen LogP contribution in [0.3, 0.4) is 0 Å². The molecule has 0 atom stereocenters. The quantitative estimate of drug-likeness (QED) is 0.666. The molecule has 1 amide bonds. The Morgan fingerprint density at radius 3 is 2.24 bits per heavy atom. The van der Waals surface area contributed by atoms with Gasteiger partial charge in [0, 0.05) is 20.1 Å². The highest BCUT2D eigenvalue weighted by molar-refractivity contribution is 9.11. The number of rotatable bonds is 3. The Morgan fingerprint density at radius 1 is 1.10 bits per heavy atom. The van der Waals surface area contributed by atoms with Crippen molar-refractivity contribution in [2.24, 2.45) is 5.73 Å². The zero-order valence-electron chi connectivity index (χ0n) is 10.5. The van der Waals surface area contributed by atoms with Gasteiger partial charge in [0.15, 0.2) is 0 Å². The molecule has 0 aromatic heterocycles. The molecule has 0 heterocycles. The first-order valence-electron chi connectivity index (χ1n) is 5.73. The van der Waals surface area contributed by atoms with Crippen LogP contribution in [-0.2, 0) is 0 Å². The molecule has 108 valence electrons. The molecule has 2 aromatic rings. The predicted octanol–water partition coefficient (Wildman–Crippen LogP) is 4.75. The van der Waals surface area contributed by atoms with Crippen LogP contribution in [0.4, 0.5) is 5.69 Å². The number of hydrogen-bond donors (Lipinski definition) is 2. The lowest BCUT2D eigenvalue weighted by atomic mass is 10.2. The molecular weight excluding hydrogens is 439 g/mol. The number of nitrogens with two attached hydrogens (primary N) is 1. The number of carbonyl (C=O) groups excluding carboxylic acids is 1. The van der Waals surface area contributed by atoms with Crippen molar-refractivity contribution in [1.29, 1.82) is 0 Å². The molecule has 0 aliphatic rings. The van der Waals surface area contributed by atoms with Crippen molar-refractivity contribution in [3.8, 4) is 0 Å². The smallest absolute Gasteiger partial charge is 0.255 e. The van der Waals surface area contributed by atoms with E-state index >= 15 is 0 Å². The van der Waals surface area contributed by atoms with Crippen LogP contribution in [0.2, 0.25) is 5.02 Å². The molecule has 0 saturated carbocycles. The van der Waals surface area contributed by atoms with Gasteiger partial charge in [0.2, 0.25) is 0 Å². The largest absolute Gasteiger partial charge is 0.389 e. The standard InChI is InChI=1S/C14H9Br2ClN2OS/c15-9-3-8(4-10(16)6-9)14(20)19-12-2-1-7(13(18)21)5-11(12)17/h1-6H,(H2,18,21)(H,19,20). The normalized spacial score (nSPS) is 10.2. The van der Waals surface area contributed by atoms with E-state index in [1.54, 1.807) is 30.3 Å². The summed E-state index contributed by atoms with van der Waals surface area (Å²) < 4.78 is 1.61. The van der Waals surface area contributed by atoms with Gasteiger partial charge >= 0.3 is 0 Å². The number of thiocarbonyl (C=S) groups is 1. The third-order valence-corrected chi connectivity index (χ3v) is 4.09. The number of carbonyl (C=O) groups is 1. The summed E-state index contributed by atoms with van der Waals surface area (Å²) in [6.07, 6.45) is 0. The zero-order valence-corrected chi connectivity index (χ0v) is 15.2. The Bertz CT molecular complexity index is 717. The summed E-state index contributed by atoms with van der Waals surface area (Å²) >= 11 is 17.7. The Labute approximate surface area is 149 Å². The highest BCUT2D eigenvalue weighted by atomic mass is 79.9. The molecule has 3 N–H and O–H groups in total. The maximum Gasteiger partial charge on any atom is 0.255 e. The molecule has 0 aliphatic carbocycles. The van der Waals surface area contributed by atoms with Crippen molar-refractivity contribution in [2.75, 3.05) is 5.32 Å². The number of halogens is 3. The molecule has 0 fully saturated rings. The Balaban J connectivity index is 2.25. The monoisotopic (exact) mass is 446 g/mol. The molecule has 7 heteroatoms. The molecule has 2 rings (SSSR count). The van der Waals surface area contributed by atoms with Crippen molar-refractivity contribution in [2.45, 2.75) is 0 Å². The molecule has 0 spiro atoms. The summed E-state index contributed by atoms with van der Waals surface area (Å²) in [5.41, 5.74) is 7.19. The molecular formula is C14H9Br2ClN2OS. The van der Waals surface area contributed by atoms with Crippen molar-refractivity contribution >= 4 is 72.3 Å². The third kappa shape index (κ3) is 4.26. The fraction of sp³-hybridized carbons (Fsp3) is 0. The SMILES string of the molecule is NC(=S)c1ccc(NC(=O)c2cc(Br)cc(Br)c2)c(Cl)c1. The van der Waals surface area contributed by atoms with Gasteiger partial charge in [-0.3, -0.25) is 4.79 Å². The Morgan fingerprint density at radius 2 is 1.71 bits per heavy atom. The maximum absolute atomic E-state index is 12.2. The molecule has 2 aromatic carbocycles. The van der Waals surface area contributed by atoms with E-state index in [1.165, 1.54) is 0 Å². The van der Waals surface area contributed by atoms with Crippen molar-refractivity contribution in [3.63, 3.8) is 0 Å². The number of nitrogens with one attached hydrogen (secondary N) is 1. The van der Waals surface area contributed by atoms with Gasteiger partial charge in [-0.25, -0.2) is 0 Å². The molecule has 21 heavy (non-hydrogen) atoms. The topological polar surface area (TPSA) is 55.1 Å². The van der Waals surface area contributed by atoms with E-state index in [2.05, 4.69) is 37.2 Å². The summed E-state index contributed by atoms with van der Waals surface area (Å²) in [5.74, 6) is -0.262. The predicted molar refractivity (Wildman–Crippen MR) is 97.1 cm³/mol. The van der Waals surface area contributed by atoms with Gasteiger partial charge in [-0.2, -0.15) is 0 Å². The van der Waals surface area contributed by atoms with Gasteiger partial charge < -0.3 is 11.1 Å². The van der Waals surface area contributed by atoms with Gasteiger partial charge in [0.25, 0.3) is 5.91 Å². The molecule has 0 saturated heterocycles. The fourth-order valence-electron chi connectivity index (χ4n) is 1.65. The van der Waals surface area contributed by atoms with Crippen LogP contribution in [-0.4, -0.2) is 10.9 Å². The van der Waals surface area contributed by atoms with E-state index in [0.717, 1.165) is 8.95 Å². The minimum Gasteiger partial charge on any atom is -0.389 e. The molecule has 0 unspecified atom stereocenters. The lowest BCUT2D eigenvalue weighted by molar-refractivity contribution is 0.102. The zero-order chi connectivity index (χ0) is 15.6. The summed E-state index contributed by atoms with van der Waals surface area (Å²) in [6, 6.07) is 10.3. The minimum atomic E-state index is -0.262. The number of benzene rings is 2.